The second kappa shape index (κ2) is 5.56. The third-order valence-corrected chi connectivity index (χ3v) is 5.47. The molecule has 0 N–H and O–H groups in total. The lowest BCUT2D eigenvalue weighted by atomic mass is 10.0. The number of sulfonamides is 1. The topological polar surface area (TPSA) is 40.6 Å². The van der Waals surface area contributed by atoms with E-state index in [1.807, 2.05) is 7.05 Å². The maximum absolute atomic E-state index is 13.0. The average molecular weight is 286 g/mol. The molecule has 0 aromatic heterocycles. The summed E-state index contributed by atoms with van der Waals surface area (Å²) in [7, 11) is -1.20. The van der Waals surface area contributed by atoms with E-state index in [-0.39, 0.29) is 17.6 Å². The van der Waals surface area contributed by atoms with Gasteiger partial charge in [-0.2, -0.15) is 4.31 Å². The highest BCUT2D eigenvalue weighted by atomic mass is 32.2. The van der Waals surface area contributed by atoms with Gasteiger partial charge in [-0.05, 0) is 31.7 Å². The van der Waals surface area contributed by atoms with E-state index in [2.05, 4.69) is 4.90 Å². The molecule has 0 radical (unpaired) electrons. The second-order valence-electron chi connectivity index (χ2n) is 4.81. The zero-order valence-corrected chi connectivity index (χ0v) is 12.0. The van der Waals surface area contributed by atoms with Crippen LogP contribution in [-0.4, -0.2) is 50.1 Å². The summed E-state index contributed by atoms with van der Waals surface area (Å²) in [5.74, 6) is -0.160. The molecule has 1 aliphatic rings. The highest BCUT2D eigenvalue weighted by molar-refractivity contribution is 7.89. The van der Waals surface area contributed by atoms with Gasteiger partial charge in [0.2, 0.25) is 10.0 Å². The molecule has 19 heavy (non-hydrogen) atoms. The minimum atomic E-state index is -3.16. The predicted molar refractivity (Wildman–Crippen MR) is 72.8 cm³/mol. The van der Waals surface area contributed by atoms with Crippen LogP contribution < -0.4 is 0 Å². The lowest BCUT2D eigenvalue weighted by Crippen LogP contribution is -2.49. The SMILES string of the molecule is CCS(=O)(=O)N1CCN(C)C(c2ccc(F)cc2)C1. The number of rotatable bonds is 3. The summed E-state index contributed by atoms with van der Waals surface area (Å²) in [5.41, 5.74) is 0.944. The molecule has 0 amide bonds. The molecule has 1 aromatic rings. The summed E-state index contributed by atoms with van der Waals surface area (Å²) >= 11 is 0. The van der Waals surface area contributed by atoms with Gasteiger partial charge in [-0.15, -0.1) is 0 Å². The maximum Gasteiger partial charge on any atom is 0.213 e. The monoisotopic (exact) mass is 286 g/mol. The molecule has 1 saturated heterocycles. The van der Waals surface area contributed by atoms with Crippen LogP contribution in [-0.2, 0) is 10.0 Å². The van der Waals surface area contributed by atoms with Crippen LogP contribution in [0.15, 0.2) is 24.3 Å². The third-order valence-electron chi connectivity index (χ3n) is 3.62. The van der Waals surface area contributed by atoms with E-state index in [0.717, 1.165) is 5.56 Å². The smallest absolute Gasteiger partial charge is 0.213 e. The molecular formula is C13H19FN2O2S. The quantitative estimate of drug-likeness (QED) is 0.845. The molecule has 0 saturated carbocycles. The largest absolute Gasteiger partial charge is 0.297 e. The Morgan fingerprint density at radius 3 is 2.47 bits per heavy atom. The first-order valence-electron chi connectivity index (χ1n) is 6.37. The zero-order valence-electron chi connectivity index (χ0n) is 11.2. The van der Waals surface area contributed by atoms with E-state index in [1.165, 1.54) is 16.4 Å². The molecule has 1 heterocycles. The molecule has 4 nitrogen and oxygen atoms in total. The van der Waals surface area contributed by atoms with Crippen molar-refractivity contribution in [2.75, 3.05) is 32.4 Å². The number of hydrogen-bond donors (Lipinski definition) is 0. The van der Waals surface area contributed by atoms with Crippen LogP contribution in [0.1, 0.15) is 18.5 Å². The van der Waals surface area contributed by atoms with Crippen LogP contribution in [0.25, 0.3) is 0 Å². The van der Waals surface area contributed by atoms with Crippen LogP contribution in [0.5, 0.6) is 0 Å². The molecule has 106 valence electrons. The summed E-state index contributed by atoms with van der Waals surface area (Å²) in [4.78, 5) is 2.11. The molecule has 1 fully saturated rings. The van der Waals surface area contributed by atoms with Gasteiger partial charge in [0.05, 0.1) is 5.75 Å². The van der Waals surface area contributed by atoms with E-state index in [0.29, 0.717) is 19.6 Å². The summed E-state index contributed by atoms with van der Waals surface area (Å²) in [5, 5.41) is 0. The minimum Gasteiger partial charge on any atom is -0.297 e. The number of likely N-dealkylation sites (N-methyl/N-ethyl adjacent to an activating group) is 1. The number of benzene rings is 1. The van der Waals surface area contributed by atoms with E-state index >= 15 is 0 Å². The van der Waals surface area contributed by atoms with Crippen LogP contribution >= 0.6 is 0 Å². The molecule has 0 aliphatic carbocycles. The van der Waals surface area contributed by atoms with Crippen molar-refractivity contribution in [3.8, 4) is 0 Å². The van der Waals surface area contributed by atoms with Crippen molar-refractivity contribution in [3.63, 3.8) is 0 Å². The first-order chi connectivity index (χ1) is 8.94. The van der Waals surface area contributed by atoms with Gasteiger partial charge < -0.3 is 0 Å². The molecular weight excluding hydrogens is 267 g/mol. The van der Waals surface area contributed by atoms with Gasteiger partial charge in [0.1, 0.15) is 5.82 Å². The van der Waals surface area contributed by atoms with Gasteiger partial charge >= 0.3 is 0 Å². The lowest BCUT2D eigenvalue weighted by Gasteiger charge is -2.38. The number of hydrogen-bond acceptors (Lipinski definition) is 3. The molecule has 1 atom stereocenters. The van der Waals surface area contributed by atoms with Crippen LogP contribution in [0.2, 0.25) is 0 Å². The fourth-order valence-electron chi connectivity index (χ4n) is 2.33. The van der Waals surface area contributed by atoms with Crippen molar-refractivity contribution in [1.82, 2.24) is 9.21 Å². The van der Waals surface area contributed by atoms with Crippen LogP contribution in [0.4, 0.5) is 4.39 Å². The van der Waals surface area contributed by atoms with Crippen molar-refractivity contribution in [1.29, 1.82) is 0 Å². The maximum atomic E-state index is 13.0. The Labute approximate surface area is 113 Å². The lowest BCUT2D eigenvalue weighted by molar-refractivity contribution is 0.148. The standard InChI is InChI=1S/C13H19FN2O2S/c1-3-19(17,18)16-9-8-15(2)13(10-16)11-4-6-12(14)7-5-11/h4-7,13H,3,8-10H2,1-2H3. The Kier molecular flexibility index (Phi) is 4.23. The van der Waals surface area contributed by atoms with Gasteiger partial charge in [-0.3, -0.25) is 4.90 Å². The first kappa shape index (κ1) is 14.4. The second-order valence-corrected chi connectivity index (χ2v) is 7.06. The highest BCUT2D eigenvalue weighted by Gasteiger charge is 2.31. The normalized spacial score (nSPS) is 22.6. The van der Waals surface area contributed by atoms with E-state index in [1.54, 1.807) is 19.1 Å². The molecule has 1 aliphatic heterocycles. The Hall–Kier alpha value is -0.980. The van der Waals surface area contributed by atoms with Crippen LogP contribution in [0, 0.1) is 5.82 Å². The van der Waals surface area contributed by atoms with E-state index in [4.69, 9.17) is 0 Å². The summed E-state index contributed by atoms with van der Waals surface area (Å²) < 4.78 is 38.4. The third kappa shape index (κ3) is 3.13. The van der Waals surface area contributed by atoms with Crippen molar-refractivity contribution >= 4 is 10.0 Å². The van der Waals surface area contributed by atoms with Crippen molar-refractivity contribution in [3.05, 3.63) is 35.6 Å². The van der Waals surface area contributed by atoms with E-state index in [9.17, 15) is 12.8 Å². The molecule has 1 unspecified atom stereocenters. The fraction of sp³-hybridized carbons (Fsp3) is 0.538. The Balaban J connectivity index is 2.22. The summed E-state index contributed by atoms with van der Waals surface area (Å²) in [6, 6.07) is 6.25. The van der Waals surface area contributed by atoms with Gasteiger partial charge in [-0.1, -0.05) is 12.1 Å². The fourth-order valence-corrected chi connectivity index (χ4v) is 3.42. The number of halogens is 1. The van der Waals surface area contributed by atoms with E-state index < -0.39 is 10.0 Å². The minimum absolute atomic E-state index is 0.0179. The molecule has 2 rings (SSSR count). The summed E-state index contributed by atoms with van der Waals surface area (Å²) in [6.07, 6.45) is 0. The average Bonchev–Trinajstić information content (AvgIpc) is 2.40. The Morgan fingerprint density at radius 1 is 1.26 bits per heavy atom. The van der Waals surface area contributed by atoms with Crippen molar-refractivity contribution in [2.45, 2.75) is 13.0 Å². The van der Waals surface area contributed by atoms with Crippen LogP contribution in [0.3, 0.4) is 0 Å². The Bertz CT molecular complexity index is 530. The Morgan fingerprint density at radius 2 is 1.89 bits per heavy atom. The zero-order chi connectivity index (χ0) is 14.0. The predicted octanol–water partition coefficient (Wildman–Crippen LogP) is 1.46. The number of piperazine rings is 1. The molecule has 1 aromatic carbocycles. The molecule has 6 heteroatoms. The van der Waals surface area contributed by atoms with Gasteiger partial charge in [0.15, 0.2) is 0 Å². The van der Waals surface area contributed by atoms with Crippen molar-refractivity contribution < 1.29 is 12.8 Å². The number of nitrogens with zero attached hydrogens (tertiary/aromatic N) is 2. The van der Waals surface area contributed by atoms with Gasteiger partial charge in [-0.25, -0.2) is 12.8 Å². The first-order valence-corrected chi connectivity index (χ1v) is 7.98. The highest BCUT2D eigenvalue weighted by Crippen LogP contribution is 2.25. The van der Waals surface area contributed by atoms with Gasteiger partial charge in [0, 0.05) is 25.7 Å². The molecule has 0 bridgehead atoms. The van der Waals surface area contributed by atoms with Gasteiger partial charge in [0.25, 0.3) is 0 Å². The van der Waals surface area contributed by atoms with Crippen molar-refractivity contribution in [2.24, 2.45) is 0 Å². The molecule has 0 spiro atoms. The summed E-state index contributed by atoms with van der Waals surface area (Å²) in [6.45, 7) is 3.28.